The number of piperazine rings is 1. The topological polar surface area (TPSA) is 64.1 Å². The lowest BCUT2D eigenvalue weighted by Crippen LogP contribution is -2.52. The highest BCUT2D eigenvalue weighted by molar-refractivity contribution is 6.22. The van der Waals surface area contributed by atoms with Gasteiger partial charge in [-0.3, -0.25) is 14.5 Å². The van der Waals surface area contributed by atoms with Crippen molar-refractivity contribution in [3.05, 3.63) is 54.6 Å². The summed E-state index contributed by atoms with van der Waals surface area (Å²) in [4.78, 5) is 30.9. The number of carbonyl (C=O) groups is 2. The molecule has 1 atom stereocenters. The molecular weight excluding hydrogens is 330 g/mol. The second-order valence-corrected chi connectivity index (χ2v) is 6.67. The number of amides is 2. The predicted molar refractivity (Wildman–Crippen MR) is 99.2 cm³/mol. The monoisotopic (exact) mass is 351 g/mol. The Kier molecular flexibility index (Phi) is 4.34. The first-order valence-electron chi connectivity index (χ1n) is 8.83. The van der Waals surface area contributed by atoms with Crippen LogP contribution in [0.2, 0.25) is 0 Å². The molecule has 0 saturated carbocycles. The van der Waals surface area contributed by atoms with E-state index < -0.39 is 6.04 Å². The Morgan fingerprint density at radius 2 is 1.54 bits per heavy atom. The molecular formula is C20H21N3O3. The maximum absolute atomic E-state index is 12.8. The van der Waals surface area contributed by atoms with E-state index in [4.69, 9.17) is 0 Å². The maximum Gasteiger partial charge on any atom is 0.251 e. The molecule has 0 bridgehead atoms. The summed E-state index contributed by atoms with van der Waals surface area (Å²) in [5, 5.41) is 9.63. The van der Waals surface area contributed by atoms with Gasteiger partial charge in [0, 0.05) is 37.9 Å². The van der Waals surface area contributed by atoms with Crippen LogP contribution in [0.15, 0.2) is 54.6 Å². The van der Waals surface area contributed by atoms with Gasteiger partial charge in [0.15, 0.2) is 0 Å². The van der Waals surface area contributed by atoms with Gasteiger partial charge in [-0.2, -0.15) is 0 Å². The van der Waals surface area contributed by atoms with Crippen LogP contribution in [0.5, 0.6) is 5.75 Å². The van der Waals surface area contributed by atoms with Crippen LogP contribution in [0.4, 0.5) is 11.4 Å². The largest absolute Gasteiger partial charge is 0.508 e. The van der Waals surface area contributed by atoms with Gasteiger partial charge in [-0.1, -0.05) is 24.3 Å². The third-order valence-corrected chi connectivity index (χ3v) is 5.09. The second-order valence-electron chi connectivity index (χ2n) is 6.67. The van der Waals surface area contributed by atoms with Gasteiger partial charge in [-0.05, 0) is 24.3 Å². The van der Waals surface area contributed by atoms with Crippen LogP contribution in [0.1, 0.15) is 6.42 Å². The molecule has 2 aliphatic heterocycles. The highest BCUT2D eigenvalue weighted by atomic mass is 16.3. The molecule has 2 amide bonds. The quantitative estimate of drug-likeness (QED) is 0.855. The number of hydrogen-bond acceptors (Lipinski definition) is 5. The zero-order chi connectivity index (χ0) is 18.1. The Labute approximate surface area is 152 Å². The lowest BCUT2D eigenvalue weighted by molar-refractivity contribution is -0.123. The van der Waals surface area contributed by atoms with E-state index in [2.05, 4.69) is 21.9 Å². The molecule has 6 nitrogen and oxygen atoms in total. The number of rotatable bonds is 3. The third-order valence-electron chi connectivity index (χ3n) is 5.09. The number of phenolic OH excluding ortho intramolecular Hbond substituents is 1. The van der Waals surface area contributed by atoms with Gasteiger partial charge in [0.05, 0.1) is 18.2 Å². The Hall–Kier alpha value is -2.86. The fraction of sp³-hybridized carbons (Fsp3) is 0.300. The summed E-state index contributed by atoms with van der Waals surface area (Å²) in [6.07, 6.45) is 0.194. The molecule has 0 aromatic heterocycles. The minimum atomic E-state index is -0.414. The van der Waals surface area contributed by atoms with E-state index in [0.29, 0.717) is 5.69 Å². The molecule has 1 unspecified atom stereocenters. The molecule has 1 N–H and O–H groups in total. The predicted octanol–water partition coefficient (Wildman–Crippen LogP) is 1.85. The van der Waals surface area contributed by atoms with Crippen molar-refractivity contribution >= 4 is 23.2 Å². The molecule has 6 heteroatoms. The highest BCUT2D eigenvalue weighted by Gasteiger charge is 2.43. The Morgan fingerprint density at radius 1 is 0.846 bits per heavy atom. The molecule has 134 valence electrons. The van der Waals surface area contributed by atoms with Gasteiger partial charge in [0.1, 0.15) is 5.75 Å². The molecule has 0 spiro atoms. The molecule has 2 aromatic carbocycles. The van der Waals surface area contributed by atoms with E-state index in [9.17, 15) is 14.7 Å². The van der Waals surface area contributed by atoms with Gasteiger partial charge in [-0.15, -0.1) is 0 Å². The Morgan fingerprint density at radius 3 is 2.23 bits per heavy atom. The van der Waals surface area contributed by atoms with Crippen molar-refractivity contribution in [2.24, 2.45) is 0 Å². The first kappa shape index (κ1) is 16.6. The number of aromatic hydroxyl groups is 1. The normalized spacial score (nSPS) is 21.5. The van der Waals surface area contributed by atoms with Crippen LogP contribution in [0, 0.1) is 0 Å². The van der Waals surface area contributed by atoms with Crippen molar-refractivity contribution in [2.45, 2.75) is 12.5 Å². The molecule has 2 aromatic rings. The van der Waals surface area contributed by atoms with Crippen molar-refractivity contribution in [3.63, 3.8) is 0 Å². The maximum atomic E-state index is 12.8. The van der Waals surface area contributed by atoms with Crippen molar-refractivity contribution in [2.75, 3.05) is 36.0 Å². The minimum absolute atomic E-state index is 0.0445. The van der Waals surface area contributed by atoms with Crippen molar-refractivity contribution in [1.29, 1.82) is 0 Å². The SMILES string of the molecule is O=C1CC(N2CCN(c3ccccc3)CC2)C(=O)N1c1cccc(O)c1. The van der Waals surface area contributed by atoms with E-state index in [1.807, 2.05) is 18.2 Å². The number of anilines is 2. The molecule has 0 radical (unpaired) electrons. The van der Waals surface area contributed by atoms with Crippen molar-refractivity contribution in [1.82, 2.24) is 4.90 Å². The smallest absolute Gasteiger partial charge is 0.251 e. The fourth-order valence-electron chi connectivity index (χ4n) is 3.74. The fourth-order valence-corrected chi connectivity index (χ4v) is 3.74. The Bertz CT molecular complexity index is 816. The number of hydrogen-bond donors (Lipinski definition) is 1. The van der Waals surface area contributed by atoms with E-state index >= 15 is 0 Å². The first-order valence-corrected chi connectivity index (χ1v) is 8.83. The van der Waals surface area contributed by atoms with Gasteiger partial charge in [0.2, 0.25) is 5.91 Å². The molecule has 2 fully saturated rings. The van der Waals surface area contributed by atoms with Gasteiger partial charge in [-0.25, -0.2) is 4.90 Å². The number of para-hydroxylation sites is 1. The Balaban J connectivity index is 1.45. The van der Waals surface area contributed by atoms with Crippen LogP contribution < -0.4 is 9.80 Å². The second kappa shape index (κ2) is 6.80. The summed E-state index contributed by atoms with van der Waals surface area (Å²) in [7, 11) is 0. The van der Waals surface area contributed by atoms with E-state index in [0.717, 1.165) is 26.2 Å². The molecule has 2 saturated heterocycles. The van der Waals surface area contributed by atoms with E-state index in [-0.39, 0.29) is 24.0 Å². The van der Waals surface area contributed by atoms with Crippen molar-refractivity contribution in [3.8, 4) is 5.75 Å². The molecule has 2 aliphatic rings. The molecule has 0 aliphatic carbocycles. The van der Waals surface area contributed by atoms with Gasteiger partial charge >= 0.3 is 0 Å². The van der Waals surface area contributed by atoms with E-state index in [1.165, 1.54) is 22.7 Å². The number of phenols is 1. The third kappa shape index (κ3) is 3.04. The summed E-state index contributed by atoms with van der Waals surface area (Å²) in [5.74, 6) is -0.368. The van der Waals surface area contributed by atoms with Crippen LogP contribution in [0.3, 0.4) is 0 Å². The molecule has 4 rings (SSSR count). The van der Waals surface area contributed by atoms with Crippen LogP contribution in [-0.2, 0) is 9.59 Å². The van der Waals surface area contributed by atoms with Crippen LogP contribution in [-0.4, -0.2) is 54.0 Å². The number of carbonyl (C=O) groups excluding carboxylic acids is 2. The summed E-state index contributed by atoms with van der Waals surface area (Å²) >= 11 is 0. The molecule has 2 heterocycles. The standard InChI is InChI=1S/C20H21N3O3/c24-17-8-4-7-16(13-17)23-19(25)14-18(20(23)26)22-11-9-21(10-12-22)15-5-2-1-3-6-15/h1-8,13,18,24H,9-12,14H2. The van der Waals surface area contributed by atoms with Gasteiger partial charge in [0.25, 0.3) is 5.91 Å². The zero-order valence-corrected chi connectivity index (χ0v) is 14.4. The number of nitrogens with zero attached hydrogens (tertiary/aromatic N) is 3. The average Bonchev–Trinajstić information content (AvgIpc) is 2.97. The summed E-state index contributed by atoms with van der Waals surface area (Å²) in [6, 6.07) is 16.1. The summed E-state index contributed by atoms with van der Waals surface area (Å²) < 4.78 is 0. The summed E-state index contributed by atoms with van der Waals surface area (Å²) in [5.41, 5.74) is 1.62. The molecule has 26 heavy (non-hydrogen) atoms. The lowest BCUT2D eigenvalue weighted by atomic mass is 10.1. The van der Waals surface area contributed by atoms with Gasteiger partial charge < -0.3 is 10.0 Å². The number of imide groups is 1. The van der Waals surface area contributed by atoms with Crippen LogP contribution >= 0.6 is 0 Å². The highest BCUT2D eigenvalue weighted by Crippen LogP contribution is 2.28. The first-order chi connectivity index (χ1) is 12.6. The number of benzene rings is 2. The van der Waals surface area contributed by atoms with E-state index in [1.54, 1.807) is 12.1 Å². The van der Waals surface area contributed by atoms with Crippen LogP contribution in [0.25, 0.3) is 0 Å². The van der Waals surface area contributed by atoms with Crippen molar-refractivity contribution < 1.29 is 14.7 Å². The average molecular weight is 351 g/mol. The lowest BCUT2D eigenvalue weighted by Gasteiger charge is -2.38. The summed E-state index contributed by atoms with van der Waals surface area (Å²) in [6.45, 7) is 3.14. The minimum Gasteiger partial charge on any atom is -0.508 e. The zero-order valence-electron chi connectivity index (χ0n) is 14.4.